The molecular formula is C19H28N2O5. The normalized spacial score (nSPS) is 16.2. The van der Waals surface area contributed by atoms with E-state index in [1.807, 2.05) is 18.2 Å². The maximum Gasteiger partial charge on any atom is 0.239 e. The van der Waals surface area contributed by atoms with Crippen LogP contribution in [0.2, 0.25) is 0 Å². The number of hydrogen-bond acceptors (Lipinski definition) is 5. The number of amides is 2. The van der Waals surface area contributed by atoms with Crippen LogP contribution in [0.5, 0.6) is 11.5 Å². The van der Waals surface area contributed by atoms with E-state index in [2.05, 4.69) is 5.32 Å². The standard InChI is InChI=1S/C19H28N2O5/c1-14(22)21(13-19(23)20-12-16-5-4-10-26-16)9-8-15-6-7-17(24-2)18(11-15)25-3/h6-7,11,16H,4-5,8-10,12-13H2,1-3H3,(H,20,23). The van der Waals surface area contributed by atoms with Crippen LogP contribution >= 0.6 is 0 Å². The number of nitrogens with one attached hydrogen (secondary N) is 1. The van der Waals surface area contributed by atoms with Gasteiger partial charge in [0.25, 0.3) is 0 Å². The molecule has 1 aliphatic heterocycles. The first-order valence-electron chi connectivity index (χ1n) is 8.88. The second-order valence-electron chi connectivity index (χ2n) is 6.32. The van der Waals surface area contributed by atoms with Gasteiger partial charge in [0.1, 0.15) is 0 Å². The number of hydrogen-bond donors (Lipinski definition) is 1. The highest BCUT2D eigenvalue weighted by Crippen LogP contribution is 2.27. The van der Waals surface area contributed by atoms with Gasteiger partial charge in [0.05, 0.1) is 26.9 Å². The van der Waals surface area contributed by atoms with Crippen LogP contribution in [-0.4, -0.2) is 63.3 Å². The van der Waals surface area contributed by atoms with Gasteiger partial charge < -0.3 is 24.4 Å². The molecule has 1 aliphatic rings. The van der Waals surface area contributed by atoms with Gasteiger partial charge in [-0.1, -0.05) is 6.07 Å². The zero-order chi connectivity index (χ0) is 18.9. The Morgan fingerprint density at radius 3 is 2.65 bits per heavy atom. The van der Waals surface area contributed by atoms with Crippen molar-refractivity contribution in [2.45, 2.75) is 32.3 Å². The van der Waals surface area contributed by atoms with E-state index in [0.717, 1.165) is 25.0 Å². The van der Waals surface area contributed by atoms with Gasteiger partial charge in [0, 0.05) is 26.6 Å². The van der Waals surface area contributed by atoms with Crippen LogP contribution in [0.1, 0.15) is 25.3 Å². The highest BCUT2D eigenvalue weighted by molar-refractivity contribution is 5.83. The van der Waals surface area contributed by atoms with Crippen LogP contribution < -0.4 is 14.8 Å². The van der Waals surface area contributed by atoms with Gasteiger partial charge in [0.2, 0.25) is 11.8 Å². The molecule has 26 heavy (non-hydrogen) atoms. The molecule has 0 radical (unpaired) electrons. The maximum absolute atomic E-state index is 12.1. The van der Waals surface area contributed by atoms with Gasteiger partial charge in [-0.15, -0.1) is 0 Å². The largest absolute Gasteiger partial charge is 0.493 e. The summed E-state index contributed by atoms with van der Waals surface area (Å²) in [7, 11) is 3.17. The molecule has 1 fully saturated rings. The minimum Gasteiger partial charge on any atom is -0.493 e. The van der Waals surface area contributed by atoms with Crippen LogP contribution in [-0.2, 0) is 20.7 Å². The van der Waals surface area contributed by atoms with Crippen molar-refractivity contribution in [3.05, 3.63) is 23.8 Å². The van der Waals surface area contributed by atoms with Crippen LogP contribution in [0.3, 0.4) is 0 Å². The topological polar surface area (TPSA) is 77.1 Å². The van der Waals surface area contributed by atoms with Gasteiger partial charge in [-0.2, -0.15) is 0 Å². The molecule has 2 rings (SSSR count). The Bertz CT molecular complexity index is 614. The summed E-state index contributed by atoms with van der Waals surface area (Å²) in [4.78, 5) is 25.5. The van der Waals surface area contributed by atoms with Crippen LogP contribution in [0.4, 0.5) is 0 Å². The lowest BCUT2D eigenvalue weighted by atomic mass is 10.1. The van der Waals surface area contributed by atoms with E-state index in [9.17, 15) is 9.59 Å². The predicted octanol–water partition coefficient (Wildman–Crippen LogP) is 1.39. The Balaban J connectivity index is 1.85. The summed E-state index contributed by atoms with van der Waals surface area (Å²) >= 11 is 0. The number of nitrogens with zero attached hydrogens (tertiary/aromatic N) is 1. The summed E-state index contributed by atoms with van der Waals surface area (Å²) in [6, 6.07) is 5.65. The molecule has 2 amide bonds. The van der Waals surface area contributed by atoms with E-state index in [-0.39, 0.29) is 24.5 Å². The van der Waals surface area contributed by atoms with Crippen LogP contribution in [0.15, 0.2) is 18.2 Å². The Morgan fingerprint density at radius 1 is 1.27 bits per heavy atom. The summed E-state index contributed by atoms with van der Waals surface area (Å²) < 4.78 is 16.0. The van der Waals surface area contributed by atoms with Crippen LogP contribution in [0, 0.1) is 0 Å². The molecule has 1 atom stereocenters. The summed E-state index contributed by atoms with van der Waals surface area (Å²) in [6.07, 6.45) is 2.72. The van der Waals surface area contributed by atoms with Gasteiger partial charge >= 0.3 is 0 Å². The fraction of sp³-hybridized carbons (Fsp3) is 0.579. The molecule has 1 aromatic rings. The monoisotopic (exact) mass is 364 g/mol. The number of carbonyl (C=O) groups excluding carboxylic acids is 2. The third-order valence-corrected chi connectivity index (χ3v) is 4.45. The number of carbonyl (C=O) groups is 2. The third kappa shape index (κ3) is 5.91. The average Bonchev–Trinajstić information content (AvgIpc) is 3.16. The van der Waals surface area contributed by atoms with Crippen molar-refractivity contribution in [2.75, 3.05) is 40.5 Å². The SMILES string of the molecule is COc1ccc(CCN(CC(=O)NCC2CCCO2)C(C)=O)cc1OC. The molecule has 144 valence electrons. The van der Waals surface area contributed by atoms with E-state index in [4.69, 9.17) is 14.2 Å². The van der Waals surface area contributed by atoms with Crippen molar-refractivity contribution >= 4 is 11.8 Å². The summed E-state index contributed by atoms with van der Waals surface area (Å²) in [5.74, 6) is 1.02. The quantitative estimate of drug-likeness (QED) is 0.717. The molecule has 1 unspecified atom stereocenters. The van der Waals surface area contributed by atoms with Crippen molar-refractivity contribution in [3.63, 3.8) is 0 Å². The zero-order valence-electron chi connectivity index (χ0n) is 15.7. The minimum atomic E-state index is -0.164. The molecule has 7 nitrogen and oxygen atoms in total. The molecule has 1 saturated heterocycles. The Hall–Kier alpha value is -2.28. The molecule has 0 bridgehead atoms. The fourth-order valence-corrected chi connectivity index (χ4v) is 2.91. The van der Waals surface area contributed by atoms with Crippen molar-refractivity contribution < 1.29 is 23.8 Å². The Kier molecular flexibility index (Phi) is 7.72. The van der Waals surface area contributed by atoms with Gasteiger partial charge in [-0.3, -0.25) is 9.59 Å². The summed E-state index contributed by atoms with van der Waals surface area (Å²) in [6.45, 7) is 3.24. The molecule has 0 spiro atoms. The number of ether oxygens (including phenoxy) is 3. The first-order chi connectivity index (χ1) is 12.5. The lowest BCUT2D eigenvalue weighted by Crippen LogP contribution is -2.42. The van der Waals surface area contributed by atoms with E-state index in [0.29, 0.717) is 31.0 Å². The lowest BCUT2D eigenvalue weighted by Gasteiger charge is -2.21. The van der Waals surface area contributed by atoms with Crippen LogP contribution in [0.25, 0.3) is 0 Å². The van der Waals surface area contributed by atoms with Crippen molar-refractivity contribution in [2.24, 2.45) is 0 Å². The second kappa shape index (κ2) is 10.0. The molecule has 7 heteroatoms. The van der Waals surface area contributed by atoms with E-state index < -0.39 is 0 Å². The number of benzene rings is 1. The molecule has 0 aliphatic carbocycles. The minimum absolute atomic E-state index is 0.0509. The Morgan fingerprint density at radius 2 is 2.04 bits per heavy atom. The highest BCUT2D eigenvalue weighted by atomic mass is 16.5. The predicted molar refractivity (Wildman–Crippen MR) is 97.5 cm³/mol. The van der Waals surface area contributed by atoms with Crippen molar-refractivity contribution in [1.29, 1.82) is 0 Å². The summed E-state index contributed by atoms with van der Waals surface area (Å²) in [5, 5.41) is 2.85. The van der Waals surface area contributed by atoms with Gasteiger partial charge in [-0.05, 0) is 37.0 Å². The second-order valence-corrected chi connectivity index (χ2v) is 6.32. The van der Waals surface area contributed by atoms with E-state index in [1.54, 1.807) is 19.1 Å². The first-order valence-corrected chi connectivity index (χ1v) is 8.88. The number of methoxy groups -OCH3 is 2. The highest BCUT2D eigenvalue weighted by Gasteiger charge is 2.18. The molecule has 1 N–H and O–H groups in total. The van der Waals surface area contributed by atoms with Gasteiger partial charge in [-0.25, -0.2) is 0 Å². The van der Waals surface area contributed by atoms with Crippen molar-refractivity contribution in [3.8, 4) is 11.5 Å². The molecule has 0 saturated carbocycles. The molecule has 0 aromatic heterocycles. The van der Waals surface area contributed by atoms with Gasteiger partial charge in [0.15, 0.2) is 11.5 Å². The zero-order valence-corrected chi connectivity index (χ0v) is 15.7. The maximum atomic E-state index is 12.1. The van der Waals surface area contributed by atoms with E-state index >= 15 is 0 Å². The summed E-state index contributed by atoms with van der Waals surface area (Å²) in [5.41, 5.74) is 1.01. The number of rotatable bonds is 9. The molecular weight excluding hydrogens is 336 g/mol. The van der Waals surface area contributed by atoms with Crippen molar-refractivity contribution in [1.82, 2.24) is 10.2 Å². The average molecular weight is 364 g/mol. The Labute approximate surface area is 154 Å². The molecule has 1 aromatic carbocycles. The van der Waals surface area contributed by atoms with E-state index in [1.165, 1.54) is 6.92 Å². The lowest BCUT2D eigenvalue weighted by molar-refractivity contribution is -0.134. The smallest absolute Gasteiger partial charge is 0.239 e. The molecule has 1 heterocycles. The fourth-order valence-electron chi connectivity index (χ4n) is 2.91. The first kappa shape index (κ1) is 20.0. The third-order valence-electron chi connectivity index (χ3n) is 4.45.